The van der Waals surface area contributed by atoms with Gasteiger partial charge in [-0.2, -0.15) is 0 Å². The molecular weight excluding hydrogens is 292 g/mol. The summed E-state index contributed by atoms with van der Waals surface area (Å²) in [5.41, 5.74) is 0.825. The van der Waals surface area contributed by atoms with Gasteiger partial charge in [0.15, 0.2) is 5.16 Å². The Hall–Kier alpha value is -2.09. The van der Waals surface area contributed by atoms with Crippen LogP contribution < -0.4 is 4.74 Å². The Morgan fingerprint density at radius 1 is 1.48 bits per heavy atom. The summed E-state index contributed by atoms with van der Waals surface area (Å²) in [7, 11) is 1.85. The van der Waals surface area contributed by atoms with E-state index in [4.69, 9.17) is 4.74 Å². The third kappa shape index (κ3) is 3.94. The van der Waals surface area contributed by atoms with Gasteiger partial charge in [0.25, 0.3) is 5.69 Å². The fraction of sp³-hybridized carbons (Fsp3) is 0.385. The number of non-ortho nitro benzene ring substituents is 1. The standard InChI is InChI=1S/C13H16N4O3S/c1-9(2)20-12-5-4-11(17(18)19)6-10(12)7-21-13-15-14-8-16(13)3/h4-6,8-9H,7H2,1-3H3. The van der Waals surface area contributed by atoms with Crippen LogP contribution in [0.1, 0.15) is 19.4 Å². The summed E-state index contributed by atoms with van der Waals surface area (Å²) in [6.07, 6.45) is 1.62. The highest BCUT2D eigenvalue weighted by atomic mass is 32.2. The molecule has 0 saturated heterocycles. The minimum absolute atomic E-state index is 0.00466. The molecule has 2 rings (SSSR count). The molecule has 7 nitrogen and oxygen atoms in total. The smallest absolute Gasteiger partial charge is 0.270 e. The topological polar surface area (TPSA) is 83.1 Å². The van der Waals surface area contributed by atoms with Gasteiger partial charge in [-0.25, -0.2) is 0 Å². The second kappa shape index (κ2) is 6.57. The summed E-state index contributed by atoms with van der Waals surface area (Å²) in [5, 5.41) is 19.4. The molecule has 0 aliphatic heterocycles. The minimum atomic E-state index is -0.407. The van der Waals surface area contributed by atoms with E-state index >= 15 is 0 Å². The first-order valence-corrected chi connectivity index (χ1v) is 7.36. The molecule has 2 aromatic rings. The quantitative estimate of drug-likeness (QED) is 0.463. The van der Waals surface area contributed by atoms with Crippen LogP contribution in [-0.2, 0) is 12.8 Å². The Kier molecular flexibility index (Phi) is 4.79. The Bertz CT molecular complexity index is 642. The monoisotopic (exact) mass is 308 g/mol. The van der Waals surface area contributed by atoms with Crippen LogP contribution in [0.5, 0.6) is 5.75 Å². The van der Waals surface area contributed by atoms with Crippen molar-refractivity contribution < 1.29 is 9.66 Å². The van der Waals surface area contributed by atoms with Crippen LogP contribution in [0.3, 0.4) is 0 Å². The number of nitro groups is 1. The molecule has 0 radical (unpaired) electrons. The predicted molar refractivity (Wildman–Crippen MR) is 79.4 cm³/mol. The van der Waals surface area contributed by atoms with Crippen LogP contribution >= 0.6 is 11.8 Å². The number of nitro benzene ring substituents is 1. The third-order valence-electron chi connectivity index (χ3n) is 2.64. The second-order valence-corrected chi connectivity index (χ2v) is 5.67. The molecule has 0 unspecified atom stereocenters. The molecule has 0 spiro atoms. The first-order chi connectivity index (χ1) is 9.97. The van der Waals surface area contributed by atoms with Gasteiger partial charge in [0, 0.05) is 30.5 Å². The minimum Gasteiger partial charge on any atom is -0.491 e. The zero-order valence-electron chi connectivity index (χ0n) is 12.0. The lowest BCUT2D eigenvalue weighted by atomic mass is 10.2. The van der Waals surface area contributed by atoms with E-state index in [2.05, 4.69) is 10.2 Å². The van der Waals surface area contributed by atoms with Gasteiger partial charge in [-0.3, -0.25) is 10.1 Å². The van der Waals surface area contributed by atoms with Gasteiger partial charge >= 0.3 is 0 Å². The molecule has 0 atom stereocenters. The summed E-state index contributed by atoms with van der Waals surface area (Å²) in [6, 6.07) is 4.64. The number of nitrogens with zero attached hydrogens (tertiary/aromatic N) is 4. The van der Waals surface area contributed by atoms with Crippen LogP contribution in [0, 0.1) is 10.1 Å². The van der Waals surface area contributed by atoms with E-state index in [0.717, 1.165) is 10.7 Å². The number of hydrogen-bond acceptors (Lipinski definition) is 6. The van der Waals surface area contributed by atoms with Gasteiger partial charge in [-0.05, 0) is 19.9 Å². The van der Waals surface area contributed by atoms with Crippen LogP contribution in [0.4, 0.5) is 5.69 Å². The normalized spacial score (nSPS) is 10.9. The lowest BCUT2D eigenvalue weighted by Crippen LogP contribution is -2.07. The van der Waals surface area contributed by atoms with Crippen molar-refractivity contribution >= 4 is 17.4 Å². The zero-order chi connectivity index (χ0) is 15.4. The summed E-state index contributed by atoms with van der Waals surface area (Å²) in [6.45, 7) is 3.84. The number of ether oxygens (including phenoxy) is 1. The van der Waals surface area contributed by atoms with Crippen molar-refractivity contribution in [1.82, 2.24) is 14.8 Å². The van der Waals surface area contributed by atoms with Crippen molar-refractivity contribution in [2.24, 2.45) is 7.05 Å². The van der Waals surface area contributed by atoms with E-state index < -0.39 is 4.92 Å². The predicted octanol–water partition coefficient (Wildman–Crippen LogP) is 2.80. The number of aryl methyl sites for hydroxylation is 1. The number of thioether (sulfide) groups is 1. The average molecular weight is 308 g/mol. The molecule has 1 aromatic carbocycles. The van der Waals surface area contributed by atoms with Crippen LogP contribution in [-0.4, -0.2) is 25.8 Å². The van der Waals surface area contributed by atoms with Gasteiger partial charge in [-0.15, -0.1) is 10.2 Å². The van der Waals surface area contributed by atoms with Crippen molar-refractivity contribution in [2.75, 3.05) is 0 Å². The highest BCUT2D eigenvalue weighted by Crippen LogP contribution is 2.30. The van der Waals surface area contributed by atoms with E-state index in [1.165, 1.54) is 17.8 Å². The van der Waals surface area contributed by atoms with E-state index in [9.17, 15) is 10.1 Å². The second-order valence-electron chi connectivity index (χ2n) is 4.73. The number of hydrogen-bond donors (Lipinski definition) is 0. The van der Waals surface area contributed by atoms with Crippen molar-refractivity contribution in [3.8, 4) is 5.75 Å². The number of rotatable bonds is 6. The Balaban J connectivity index is 2.23. The molecule has 0 aliphatic rings. The highest BCUT2D eigenvalue weighted by Gasteiger charge is 2.14. The average Bonchev–Trinajstić information content (AvgIpc) is 2.82. The van der Waals surface area contributed by atoms with E-state index in [0.29, 0.717) is 11.5 Å². The Morgan fingerprint density at radius 3 is 2.81 bits per heavy atom. The first-order valence-electron chi connectivity index (χ1n) is 6.38. The highest BCUT2D eigenvalue weighted by molar-refractivity contribution is 7.98. The molecule has 1 heterocycles. The molecule has 0 fully saturated rings. The van der Waals surface area contributed by atoms with E-state index in [-0.39, 0.29) is 11.8 Å². The van der Waals surface area contributed by atoms with E-state index in [1.54, 1.807) is 23.0 Å². The zero-order valence-corrected chi connectivity index (χ0v) is 12.8. The first kappa shape index (κ1) is 15.3. The van der Waals surface area contributed by atoms with Crippen LogP contribution in [0.25, 0.3) is 0 Å². The van der Waals surface area contributed by atoms with Crippen LogP contribution in [0.2, 0.25) is 0 Å². The fourth-order valence-electron chi connectivity index (χ4n) is 1.71. The maximum Gasteiger partial charge on any atom is 0.270 e. The van der Waals surface area contributed by atoms with Gasteiger partial charge < -0.3 is 9.30 Å². The molecule has 21 heavy (non-hydrogen) atoms. The van der Waals surface area contributed by atoms with Gasteiger partial charge in [-0.1, -0.05) is 11.8 Å². The molecule has 0 N–H and O–H groups in total. The van der Waals surface area contributed by atoms with Crippen molar-refractivity contribution in [3.05, 3.63) is 40.2 Å². The summed E-state index contributed by atoms with van der Waals surface area (Å²) < 4.78 is 7.50. The number of benzene rings is 1. The van der Waals surface area contributed by atoms with Crippen molar-refractivity contribution in [3.63, 3.8) is 0 Å². The largest absolute Gasteiger partial charge is 0.491 e. The third-order valence-corrected chi connectivity index (χ3v) is 3.73. The molecule has 112 valence electrons. The maximum atomic E-state index is 10.9. The Morgan fingerprint density at radius 2 is 2.24 bits per heavy atom. The lowest BCUT2D eigenvalue weighted by molar-refractivity contribution is -0.384. The SMILES string of the molecule is CC(C)Oc1ccc([N+](=O)[O-])cc1CSc1nncn1C. The van der Waals surface area contributed by atoms with Crippen molar-refractivity contribution in [1.29, 1.82) is 0 Å². The van der Waals surface area contributed by atoms with Crippen LogP contribution in [0.15, 0.2) is 29.7 Å². The molecule has 0 bridgehead atoms. The molecule has 1 aromatic heterocycles. The maximum absolute atomic E-state index is 10.9. The molecule has 0 amide bonds. The van der Waals surface area contributed by atoms with Crippen molar-refractivity contribution in [2.45, 2.75) is 30.9 Å². The number of aromatic nitrogens is 3. The van der Waals surface area contributed by atoms with Gasteiger partial charge in [0.2, 0.25) is 0 Å². The molecule has 8 heteroatoms. The lowest BCUT2D eigenvalue weighted by Gasteiger charge is -2.13. The molecule has 0 saturated carbocycles. The van der Waals surface area contributed by atoms with E-state index in [1.807, 2.05) is 20.9 Å². The summed E-state index contributed by atoms with van der Waals surface area (Å²) in [4.78, 5) is 10.5. The fourth-order valence-corrected chi connectivity index (χ4v) is 2.57. The Labute approximate surface area is 126 Å². The summed E-state index contributed by atoms with van der Waals surface area (Å²) in [5.74, 6) is 1.18. The van der Waals surface area contributed by atoms with Gasteiger partial charge in [0.1, 0.15) is 12.1 Å². The van der Waals surface area contributed by atoms with Gasteiger partial charge in [0.05, 0.1) is 11.0 Å². The summed E-state index contributed by atoms with van der Waals surface area (Å²) >= 11 is 1.46. The molecule has 0 aliphatic carbocycles. The molecular formula is C13H16N4O3S.